The van der Waals surface area contributed by atoms with E-state index < -0.39 is 11.6 Å². The van der Waals surface area contributed by atoms with Crippen LogP contribution >= 0.6 is 0 Å². The van der Waals surface area contributed by atoms with Crippen molar-refractivity contribution in [3.63, 3.8) is 0 Å². The van der Waals surface area contributed by atoms with Gasteiger partial charge in [0.15, 0.2) is 0 Å². The van der Waals surface area contributed by atoms with Gasteiger partial charge in [-0.1, -0.05) is 33.1 Å². The van der Waals surface area contributed by atoms with Gasteiger partial charge in [-0.15, -0.1) is 0 Å². The van der Waals surface area contributed by atoms with Gasteiger partial charge in [-0.2, -0.15) is 0 Å². The molecule has 2 N–H and O–H groups in total. The van der Waals surface area contributed by atoms with Gasteiger partial charge in [0, 0.05) is 0 Å². The van der Waals surface area contributed by atoms with Crippen LogP contribution in [0.2, 0.25) is 0 Å². The van der Waals surface area contributed by atoms with Crippen LogP contribution < -0.4 is 5.32 Å². The second-order valence-corrected chi connectivity index (χ2v) is 6.34. The van der Waals surface area contributed by atoms with Crippen LogP contribution in [0.4, 0.5) is 4.79 Å². The van der Waals surface area contributed by atoms with E-state index in [1.165, 1.54) is 4.90 Å². The van der Waals surface area contributed by atoms with Gasteiger partial charge in [0.05, 0.1) is 12.1 Å². The molecular formula is C14H24N2O3. The van der Waals surface area contributed by atoms with Gasteiger partial charge in [0.2, 0.25) is 0 Å². The van der Waals surface area contributed by atoms with E-state index in [2.05, 4.69) is 5.32 Å². The Morgan fingerprint density at radius 3 is 2.53 bits per heavy atom. The van der Waals surface area contributed by atoms with Crippen molar-refractivity contribution in [2.45, 2.75) is 64.0 Å². The first-order chi connectivity index (χ1) is 8.91. The van der Waals surface area contributed by atoms with E-state index in [1.54, 1.807) is 0 Å². The monoisotopic (exact) mass is 268 g/mol. The highest BCUT2D eigenvalue weighted by Crippen LogP contribution is 2.30. The van der Waals surface area contributed by atoms with E-state index in [4.69, 9.17) is 0 Å². The number of carbonyl (C=O) groups is 2. The third-order valence-corrected chi connectivity index (χ3v) is 4.05. The lowest BCUT2D eigenvalue weighted by atomic mass is 9.84. The number of imide groups is 1. The molecule has 108 valence electrons. The molecule has 0 bridgehead atoms. The summed E-state index contributed by atoms with van der Waals surface area (Å²) in [6.07, 6.45) is 5.07. The van der Waals surface area contributed by atoms with Crippen molar-refractivity contribution in [3.05, 3.63) is 0 Å². The molecule has 3 amide bonds. The van der Waals surface area contributed by atoms with Crippen LogP contribution in [0.1, 0.15) is 52.4 Å². The van der Waals surface area contributed by atoms with Crippen LogP contribution in [-0.2, 0) is 4.79 Å². The molecule has 1 atom stereocenters. The minimum Gasteiger partial charge on any atom is -0.388 e. The zero-order valence-electron chi connectivity index (χ0n) is 11.8. The van der Waals surface area contributed by atoms with Gasteiger partial charge < -0.3 is 10.4 Å². The molecule has 0 aromatic rings. The van der Waals surface area contributed by atoms with Crippen LogP contribution in [0, 0.1) is 5.92 Å². The quantitative estimate of drug-likeness (QED) is 0.762. The number of nitrogens with zero attached hydrogens (tertiary/aromatic N) is 1. The van der Waals surface area contributed by atoms with E-state index in [9.17, 15) is 14.7 Å². The molecule has 0 unspecified atom stereocenters. The fourth-order valence-corrected chi connectivity index (χ4v) is 3.02. The molecule has 2 rings (SSSR count). The third kappa shape index (κ3) is 3.26. The van der Waals surface area contributed by atoms with Crippen molar-refractivity contribution >= 4 is 11.9 Å². The molecule has 0 radical (unpaired) electrons. The molecule has 5 heteroatoms. The summed E-state index contributed by atoms with van der Waals surface area (Å²) >= 11 is 0. The fourth-order valence-electron chi connectivity index (χ4n) is 3.02. The van der Waals surface area contributed by atoms with Crippen LogP contribution in [0.25, 0.3) is 0 Å². The number of urea groups is 1. The summed E-state index contributed by atoms with van der Waals surface area (Å²) in [7, 11) is 0. The van der Waals surface area contributed by atoms with Crippen molar-refractivity contribution in [2.24, 2.45) is 5.92 Å². The van der Waals surface area contributed by atoms with Crippen LogP contribution in [0.15, 0.2) is 0 Å². The molecule has 0 aromatic heterocycles. The Hall–Kier alpha value is -1.10. The van der Waals surface area contributed by atoms with E-state index in [1.807, 2.05) is 13.8 Å². The average molecular weight is 268 g/mol. The first-order valence-corrected chi connectivity index (χ1v) is 7.25. The molecule has 0 aromatic carbocycles. The van der Waals surface area contributed by atoms with Crippen molar-refractivity contribution < 1.29 is 14.7 Å². The molecule has 2 fully saturated rings. The average Bonchev–Trinajstić information content (AvgIpc) is 2.57. The zero-order chi connectivity index (χ0) is 14.0. The number of nitrogens with one attached hydrogen (secondary N) is 1. The third-order valence-electron chi connectivity index (χ3n) is 4.05. The first kappa shape index (κ1) is 14.3. The van der Waals surface area contributed by atoms with Crippen molar-refractivity contribution in [1.29, 1.82) is 0 Å². The van der Waals surface area contributed by atoms with E-state index >= 15 is 0 Å². The lowest BCUT2D eigenvalue weighted by Crippen LogP contribution is -2.47. The maximum Gasteiger partial charge on any atom is 0.324 e. The highest BCUT2D eigenvalue weighted by atomic mass is 16.3. The highest BCUT2D eigenvalue weighted by Gasteiger charge is 2.42. The molecule has 1 saturated heterocycles. The lowest BCUT2D eigenvalue weighted by molar-refractivity contribution is -0.131. The number of rotatable bonds is 4. The minimum absolute atomic E-state index is 0.145. The molecule has 2 aliphatic rings. The smallest absolute Gasteiger partial charge is 0.324 e. The summed E-state index contributed by atoms with van der Waals surface area (Å²) in [5.41, 5.74) is -0.877. The summed E-state index contributed by atoms with van der Waals surface area (Å²) in [4.78, 5) is 25.3. The molecular weight excluding hydrogens is 244 g/mol. The van der Waals surface area contributed by atoms with E-state index in [-0.39, 0.29) is 18.5 Å². The second kappa shape index (κ2) is 5.49. The van der Waals surface area contributed by atoms with Gasteiger partial charge >= 0.3 is 6.03 Å². The summed E-state index contributed by atoms with van der Waals surface area (Å²) in [6, 6.07) is -0.769. The number of aliphatic hydroxyl groups is 1. The maximum absolute atomic E-state index is 12.2. The Bertz CT molecular complexity index is 362. The lowest BCUT2D eigenvalue weighted by Gasteiger charge is -2.34. The van der Waals surface area contributed by atoms with Gasteiger partial charge in [0.1, 0.15) is 6.04 Å². The fraction of sp³-hybridized carbons (Fsp3) is 0.857. The standard InChI is InChI=1S/C14H24N2O3/c1-10(2)8-11-12(17)16(13(18)15-11)9-14(19)6-4-3-5-7-14/h10-11,19H,3-9H2,1-2H3,(H,15,18)/t11-/m0/s1. The summed E-state index contributed by atoms with van der Waals surface area (Å²) in [5.74, 6) is 0.171. The predicted molar refractivity (Wildman–Crippen MR) is 71.5 cm³/mol. The maximum atomic E-state index is 12.2. The number of carbonyl (C=O) groups excluding carboxylic acids is 2. The summed E-state index contributed by atoms with van der Waals surface area (Å²) < 4.78 is 0. The normalized spacial score (nSPS) is 26.9. The van der Waals surface area contributed by atoms with Crippen molar-refractivity contribution in [2.75, 3.05) is 6.54 Å². The van der Waals surface area contributed by atoms with E-state index in [0.717, 1.165) is 19.3 Å². The summed E-state index contributed by atoms with van der Waals surface area (Å²) in [6.45, 7) is 4.19. The Balaban J connectivity index is 2.00. The molecule has 1 aliphatic carbocycles. The van der Waals surface area contributed by atoms with Gasteiger partial charge in [0.25, 0.3) is 5.91 Å². The topological polar surface area (TPSA) is 69.6 Å². The number of β-amino-alcohol motifs (C(OH)–C–C–N with tert-alkyl or cyclic N) is 1. The Kier molecular flexibility index (Phi) is 4.13. The SMILES string of the molecule is CC(C)C[C@@H]1NC(=O)N(CC2(O)CCCCC2)C1=O. The molecule has 1 saturated carbocycles. The van der Waals surface area contributed by atoms with Gasteiger partial charge in [-0.3, -0.25) is 9.69 Å². The molecule has 1 aliphatic heterocycles. The number of amides is 3. The largest absolute Gasteiger partial charge is 0.388 e. The van der Waals surface area contributed by atoms with Crippen LogP contribution in [0.3, 0.4) is 0 Å². The Labute approximate surface area is 114 Å². The zero-order valence-corrected chi connectivity index (χ0v) is 11.8. The second-order valence-electron chi connectivity index (χ2n) is 6.34. The van der Waals surface area contributed by atoms with Gasteiger partial charge in [-0.05, 0) is 25.2 Å². The number of hydrogen-bond acceptors (Lipinski definition) is 3. The van der Waals surface area contributed by atoms with E-state index in [0.29, 0.717) is 25.2 Å². The van der Waals surface area contributed by atoms with Crippen molar-refractivity contribution in [3.8, 4) is 0 Å². The molecule has 0 spiro atoms. The minimum atomic E-state index is -0.877. The Morgan fingerprint density at radius 2 is 1.95 bits per heavy atom. The van der Waals surface area contributed by atoms with Crippen LogP contribution in [-0.4, -0.2) is 40.1 Å². The Morgan fingerprint density at radius 1 is 1.32 bits per heavy atom. The van der Waals surface area contributed by atoms with Crippen LogP contribution in [0.5, 0.6) is 0 Å². The molecule has 1 heterocycles. The predicted octanol–water partition coefficient (Wildman–Crippen LogP) is 1.65. The molecule has 19 heavy (non-hydrogen) atoms. The summed E-state index contributed by atoms with van der Waals surface area (Å²) in [5, 5.41) is 13.2. The molecule has 5 nitrogen and oxygen atoms in total. The number of hydrogen-bond donors (Lipinski definition) is 2. The van der Waals surface area contributed by atoms with Gasteiger partial charge in [-0.25, -0.2) is 4.79 Å². The highest BCUT2D eigenvalue weighted by molar-refractivity contribution is 6.04. The van der Waals surface area contributed by atoms with Crippen molar-refractivity contribution in [1.82, 2.24) is 10.2 Å². The first-order valence-electron chi connectivity index (χ1n) is 7.25.